The Morgan fingerprint density at radius 1 is 1.38 bits per heavy atom. The van der Waals surface area contributed by atoms with Gasteiger partial charge in [0.2, 0.25) is 5.88 Å². The molecule has 0 aliphatic heterocycles. The zero-order chi connectivity index (χ0) is 15.0. The van der Waals surface area contributed by atoms with Crippen LogP contribution in [-0.2, 0) is 4.74 Å². The Morgan fingerprint density at radius 2 is 2.19 bits per heavy atom. The highest BCUT2D eigenvalue weighted by molar-refractivity contribution is 5.45. The van der Waals surface area contributed by atoms with Crippen molar-refractivity contribution in [3.8, 4) is 5.88 Å². The number of pyridine rings is 1. The molecule has 0 aromatic carbocycles. The zero-order valence-corrected chi connectivity index (χ0v) is 11.9. The molecule has 2 unspecified atom stereocenters. The lowest BCUT2D eigenvalue weighted by Gasteiger charge is -2.22. The number of allylic oxidation sites excluding steroid dienone is 3. The van der Waals surface area contributed by atoms with Gasteiger partial charge in [0.25, 0.3) is 5.56 Å². The molecule has 0 amide bonds. The lowest BCUT2D eigenvalue weighted by atomic mass is 9.84. The molecule has 108 valence electrons. The number of methoxy groups -OCH3 is 1. The summed E-state index contributed by atoms with van der Waals surface area (Å²) in [6.45, 7) is 1.98. The number of hydrogen-bond donors (Lipinski definition) is 1. The largest absolute Gasteiger partial charge is 0.497 e. The van der Waals surface area contributed by atoms with Crippen LogP contribution in [0.15, 0.2) is 53.2 Å². The van der Waals surface area contributed by atoms with Gasteiger partial charge >= 0.3 is 0 Å². The molecule has 0 fully saturated rings. The van der Waals surface area contributed by atoms with Crippen molar-refractivity contribution in [2.45, 2.75) is 12.8 Å². The summed E-state index contributed by atoms with van der Waals surface area (Å²) in [5.74, 6) is 0.363. The Bertz CT molecular complexity index is 805. The van der Waals surface area contributed by atoms with Crippen LogP contribution in [0.25, 0.3) is 5.65 Å². The van der Waals surface area contributed by atoms with Gasteiger partial charge in [-0.2, -0.15) is 4.98 Å². The maximum Gasteiger partial charge on any atom is 0.265 e. The van der Waals surface area contributed by atoms with E-state index in [-0.39, 0.29) is 23.3 Å². The number of aromatic hydroxyl groups is 1. The van der Waals surface area contributed by atoms with E-state index in [1.807, 2.05) is 25.2 Å². The maximum absolute atomic E-state index is 12.6. The zero-order valence-electron chi connectivity index (χ0n) is 11.9. The van der Waals surface area contributed by atoms with Crippen molar-refractivity contribution in [2.75, 3.05) is 7.11 Å². The highest BCUT2D eigenvalue weighted by Gasteiger charge is 2.26. The van der Waals surface area contributed by atoms with Crippen LogP contribution in [0.5, 0.6) is 5.88 Å². The molecule has 0 spiro atoms. The molecule has 0 bridgehead atoms. The average Bonchev–Trinajstić information content (AvgIpc) is 2.48. The third-order valence-electron chi connectivity index (χ3n) is 3.78. The molecule has 0 saturated carbocycles. The van der Waals surface area contributed by atoms with E-state index in [1.165, 1.54) is 4.40 Å². The minimum Gasteiger partial charge on any atom is -0.497 e. The summed E-state index contributed by atoms with van der Waals surface area (Å²) in [6, 6.07) is 5.23. The predicted molar refractivity (Wildman–Crippen MR) is 79.3 cm³/mol. The minimum absolute atomic E-state index is 0.0344. The fourth-order valence-corrected chi connectivity index (χ4v) is 2.67. The first kappa shape index (κ1) is 13.4. The number of aromatic nitrogens is 2. The van der Waals surface area contributed by atoms with Gasteiger partial charge in [-0.3, -0.25) is 9.20 Å². The summed E-state index contributed by atoms with van der Waals surface area (Å²) in [7, 11) is 1.60. The molecule has 2 atom stereocenters. The first-order valence-electron chi connectivity index (χ1n) is 6.76. The molecule has 1 aliphatic carbocycles. The van der Waals surface area contributed by atoms with Crippen LogP contribution in [0.3, 0.4) is 0 Å². The Kier molecular flexibility index (Phi) is 3.25. The molecule has 5 nitrogen and oxygen atoms in total. The van der Waals surface area contributed by atoms with Crippen molar-refractivity contribution < 1.29 is 9.84 Å². The first-order chi connectivity index (χ1) is 10.1. The van der Waals surface area contributed by atoms with Gasteiger partial charge in [-0.05, 0) is 30.2 Å². The second kappa shape index (κ2) is 5.09. The van der Waals surface area contributed by atoms with E-state index < -0.39 is 0 Å². The molecule has 0 saturated heterocycles. The molecule has 1 N–H and O–H groups in total. The van der Waals surface area contributed by atoms with Crippen LogP contribution >= 0.6 is 0 Å². The van der Waals surface area contributed by atoms with Crippen molar-refractivity contribution in [1.29, 1.82) is 0 Å². The van der Waals surface area contributed by atoms with Crippen molar-refractivity contribution >= 4 is 5.65 Å². The van der Waals surface area contributed by atoms with Crippen molar-refractivity contribution in [1.82, 2.24) is 9.38 Å². The van der Waals surface area contributed by atoms with E-state index >= 15 is 0 Å². The van der Waals surface area contributed by atoms with Crippen molar-refractivity contribution in [2.24, 2.45) is 5.92 Å². The minimum atomic E-state index is -0.242. The number of fused-ring (bicyclic) bond motifs is 1. The smallest absolute Gasteiger partial charge is 0.265 e. The van der Waals surface area contributed by atoms with Gasteiger partial charge < -0.3 is 9.84 Å². The highest BCUT2D eigenvalue weighted by Crippen LogP contribution is 2.33. The van der Waals surface area contributed by atoms with Crippen LogP contribution in [0.2, 0.25) is 0 Å². The van der Waals surface area contributed by atoms with Gasteiger partial charge in [-0.15, -0.1) is 0 Å². The molecule has 2 heterocycles. The van der Waals surface area contributed by atoms with Crippen LogP contribution < -0.4 is 5.56 Å². The normalized spacial score (nSPS) is 21.3. The SMILES string of the molecule is COC1=CC(C)C(c2c(O)nc3ccccn3c2=O)C=C1. The van der Waals surface area contributed by atoms with E-state index in [9.17, 15) is 9.90 Å². The Labute approximate surface area is 121 Å². The van der Waals surface area contributed by atoms with Crippen molar-refractivity contribution in [3.05, 3.63) is 64.3 Å². The van der Waals surface area contributed by atoms with Gasteiger partial charge in [0.1, 0.15) is 11.4 Å². The Hall–Kier alpha value is -2.56. The van der Waals surface area contributed by atoms with Gasteiger partial charge in [-0.1, -0.05) is 19.1 Å². The summed E-state index contributed by atoms with van der Waals surface area (Å²) in [6.07, 6.45) is 7.27. The Balaban J connectivity index is 2.16. The monoisotopic (exact) mass is 284 g/mol. The lowest BCUT2D eigenvalue weighted by Crippen LogP contribution is -2.24. The van der Waals surface area contributed by atoms with Crippen LogP contribution in [0.1, 0.15) is 18.4 Å². The molecule has 2 aromatic heterocycles. The third kappa shape index (κ3) is 2.20. The van der Waals surface area contributed by atoms with Gasteiger partial charge in [0.05, 0.1) is 12.7 Å². The second-order valence-electron chi connectivity index (χ2n) is 5.10. The summed E-state index contributed by atoms with van der Waals surface area (Å²) in [5, 5.41) is 10.2. The number of rotatable bonds is 2. The molecule has 21 heavy (non-hydrogen) atoms. The van der Waals surface area contributed by atoms with Gasteiger partial charge in [0, 0.05) is 12.1 Å². The number of hydrogen-bond acceptors (Lipinski definition) is 4. The fraction of sp³-hybridized carbons (Fsp3) is 0.250. The molecule has 3 rings (SSSR count). The second-order valence-corrected chi connectivity index (χ2v) is 5.10. The number of nitrogens with zero attached hydrogens (tertiary/aromatic N) is 2. The maximum atomic E-state index is 12.6. The van der Waals surface area contributed by atoms with E-state index in [0.29, 0.717) is 11.2 Å². The standard InChI is InChI=1S/C16H16N2O3/c1-10-9-11(21-2)6-7-12(10)14-15(19)17-13-5-3-4-8-18(13)16(14)20/h3-10,12,19H,1-2H3. The highest BCUT2D eigenvalue weighted by atomic mass is 16.5. The van der Waals surface area contributed by atoms with E-state index in [4.69, 9.17) is 4.74 Å². The number of ether oxygens (including phenoxy) is 1. The lowest BCUT2D eigenvalue weighted by molar-refractivity contribution is 0.298. The summed E-state index contributed by atoms with van der Waals surface area (Å²) >= 11 is 0. The van der Waals surface area contributed by atoms with E-state index in [2.05, 4.69) is 4.98 Å². The fourth-order valence-electron chi connectivity index (χ4n) is 2.67. The topological polar surface area (TPSA) is 63.8 Å². The predicted octanol–water partition coefficient (Wildman–Crippen LogP) is 2.22. The van der Waals surface area contributed by atoms with E-state index in [1.54, 1.807) is 31.5 Å². The third-order valence-corrected chi connectivity index (χ3v) is 3.78. The van der Waals surface area contributed by atoms with Crippen LogP contribution in [0, 0.1) is 5.92 Å². The van der Waals surface area contributed by atoms with E-state index in [0.717, 1.165) is 5.76 Å². The van der Waals surface area contributed by atoms with Gasteiger partial charge in [-0.25, -0.2) is 0 Å². The summed E-state index contributed by atoms with van der Waals surface area (Å²) in [4.78, 5) is 16.7. The quantitative estimate of drug-likeness (QED) is 0.918. The van der Waals surface area contributed by atoms with Gasteiger partial charge in [0.15, 0.2) is 0 Å². The summed E-state index contributed by atoms with van der Waals surface area (Å²) < 4.78 is 6.64. The Morgan fingerprint density at radius 3 is 2.90 bits per heavy atom. The molecular formula is C16H16N2O3. The molecule has 2 aromatic rings. The average molecular weight is 284 g/mol. The molecule has 0 radical (unpaired) electrons. The van der Waals surface area contributed by atoms with Crippen LogP contribution in [-0.4, -0.2) is 21.6 Å². The molecular weight excluding hydrogens is 268 g/mol. The van der Waals surface area contributed by atoms with Crippen LogP contribution in [0.4, 0.5) is 0 Å². The first-order valence-corrected chi connectivity index (χ1v) is 6.76. The molecule has 1 aliphatic rings. The molecule has 5 heteroatoms. The van der Waals surface area contributed by atoms with Crippen molar-refractivity contribution in [3.63, 3.8) is 0 Å². The summed E-state index contributed by atoms with van der Waals surface area (Å²) in [5.41, 5.74) is 0.507.